The Balaban J connectivity index is 1.34. The minimum atomic E-state index is -0.377. The number of amidine groups is 1. The quantitative estimate of drug-likeness (QED) is 0.817. The van der Waals surface area contributed by atoms with Gasteiger partial charge in [-0.1, -0.05) is 31.1 Å². The summed E-state index contributed by atoms with van der Waals surface area (Å²) in [4.78, 5) is 35.0. The number of carbonyl (C=O) groups is 2. The van der Waals surface area contributed by atoms with E-state index in [0.29, 0.717) is 24.1 Å². The lowest BCUT2D eigenvalue weighted by Gasteiger charge is -2.21. The molecular formula is C20H24N6O2. The van der Waals surface area contributed by atoms with Crippen LogP contribution in [0.1, 0.15) is 31.7 Å². The van der Waals surface area contributed by atoms with Crippen molar-refractivity contribution < 1.29 is 9.59 Å². The molecule has 1 fully saturated rings. The SMILES string of the molecule is CN(CC(=O)Nc1ccnn1C1CCCC1)CC1=NC(=O)C2C=CC=CC2=N1. The smallest absolute Gasteiger partial charge is 0.260 e. The highest BCUT2D eigenvalue weighted by Crippen LogP contribution is 2.31. The topological polar surface area (TPSA) is 92.0 Å². The second-order valence-corrected chi connectivity index (χ2v) is 7.44. The maximum atomic E-state index is 12.5. The van der Waals surface area contributed by atoms with Gasteiger partial charge in [-0.05, 0) is 26.0 Å². The summed E-state index contributed by atoms with van der Waals surface area (Å²) in [6.45, 7) is 0.502. The number of rotatable bonds is 6. The number of allylic oxidation sites excluding steroid dienone is 3. The molecule has 1 N–H and O–H groups in total. The Morgan fingerprint density at radius 2 is 2.11 bits per heavy atom. The van der Waals surface area contributed by atoms with Crippen molar-refractivity contribution in [2.24, 2.45) is 15.9 Å². The maximum absolute atomic E-state index is 12.5. The third kappa shape index (κ3) is 4.01. The summed E-state index contributed by atoms with van der Waals surface area (Å²) in [6, 6.07) is 2.20. The van der Waals surface area contributed by atoms with Crippen LogP contribution in [0, 0.1) is 5.92 Å². The lowest BCUT2D eigenvalue weighted by atomic mass is 9.96. The zero-order chi connectivity index (χ0) is 19.5. The van der Waals surface area contributed by atoms with Crippen molar-refractivity contribution in [3.8, 4) is 0 Å². The van der Waals surface area contributed by atoms with E-state index in [2.05, 4.69) is 20.4 Å². The second kappa shape index (κ2) is 8.02. The van der Waals surface area contributed by atoms with E-state index in [4.69, 9.17) is 0 Å². The van der Waals surface area contributed by atoms with Crippen molar-refractivity contribution in [3.05, 3.63) is 36.6 Å². The molecule has 2 amide bonds. The van der Waals surface area contributed by atoms with Crippen LogP contribution in [0.5, 0.6) is 0 Å². The first kappa shape index (κ1) is 18.5. The zero-order valence-corrected chi connectivity index (χ0v) is 15.9. The molecule has 1 aliphatic heterocycles. The first-order valence-electron chi connectivity index (χ1n) is 9.67. The van der Waals surface area contributed by atoms with Crippen molar-refractivity contribution in [3.63, 3.8) is 0 Å². The van der Waals surface area contributed by atoms with Gasteiger partial charge in [0.05, 0.1) is 31.0 Å². The molecule has 0 spiro atoms. The molecule has 1 atom stereocenters. The molecule has 0 aromatic carbocycles. The van der Waals surface area contributed by atoms with E-state index in [1.807, 2.05) is 36.0 Å². The van der Waals surface area contributed by atoms with Crippen LogP contribution in [0.4, 0.5) is 5.82 Å². The number of fused-ring (bicyclic) bond motifs is 1. The Bertz CT molecular complexity index is 888. The predicted molar refractivity (Wildman–Crippen MR) is 108 cm³/mol. The van der Waals surface area contributed by atoms with E-state index in [9.17, 15) is 9.59 Å². The number of nitrogens with one attached hydrogen (secondary N) is 1. The number of nitrogens with zero attached hydrogens (tertiary/aromatic N) is 5. The molecule has 1 unspecified atom stereocenters. The zero-order valence-electron chi connectivity index (χ0n) is 15.9. The Morgan fingerprint density at radius 1 is 1.29 bits per heavy atom. The van der Waals surface area contributed by atoms with Crippen LogP contribution in [0.25, 0.3) is 0 Å². The number of aromatic nitrogens is 2. The van der Waals surface area contributed by atoms with Gasteiger partial charge in [-0.2, -0.15) is 10.1 Å². The van der Waals surface area contributed by atoms with Crippen molar-refractivity contribution in [1.29, 1.82) is 0 Å². The fraction of sp³-hybridized carbons (Fsp3) is 0.450. The van der Waals surface area contributed by atoms with Gasteiger partial charge >= 0.3 is 0 Å². The standard InChI is InChI=1S/C20H24N6O2/c1-25(12-17-22-16-9-5-4-8-15(16)20(28)23-17)13-19(27)24-18-10-11-21-26(18)14-6-2-3-7-14/h4-5,8-11,14-15H,2-3,6-7,12-13H2,1H3,(H,24,27). The number of carbonyl (C=O) groups excluding carboxylic acids is 2. The van der Waals surface area contributed by atoms with Crippen LogP contribution in [-0.2, 0) is 9.59 Å². The molecule has 1 aromatic rings. The maximum Gasteiger partial charge on any atom is 0.260 e. The molecule has 3 aliphatic rings. The Morgan fingerprint density at radius 3 is 2.93 bits per heavy atom. The summed E-state index contributed by atoms with van der Waals surface area (Å²) in [5.74, 6) is 0.452. The van der Waals surface area contributed by atoms with Gasteiger partial charge in [0.2, 0.25) is 5.91 Å². The van der Waals surface area contributed by atoms with E-state index in [-0.39, 0.29) is 24.3 Å². The van der Waals surface area contributed by atoms with Crippen LogP contribution in [0.3, 0.4) is 0 Å². The van der Waals surface area contributed by atoms with Gasteiger partial charge < -0.3 is 5.32 Å². The highest BCUT2D eigenvalue weighted by molar-refractivity contribution is 6.21. The van der Waals surface area contributed by atoms with Crippen LogP contribution in [-0.4, -0.2) is 58.2 Å². The Hall–Kier alpha value is -2.87. The van der Waals surface area contributed by atoms with Gasteiger partial charge in [0.25, 0.3) is 5.91 Å². The predicted octanol–water partition coefficient (Wildman–Crippen LogP) is 1.99. The highest BCUT2D eigenvalue weighted by atomic mass is 16.2. The summed E-state index contributed by atoms with van der Waals surface area (Å²) in [5, 5.41) is 7.32. The molecule has 4 rings (SSSR count). The molecule has 1 saturated carbocycles. The van der Waals surface area contributed by atoms with Gasteiger partial charge in [-0.15, -0.1) is 0 Å². The van der Waals surface area contributed by atoms with Crippen molar-refractivity contribution in [1.82, 2.24) is 14.7 Å². The molecule has 1 aromatic heterocycles. The molecular weight excluding hydrogens is 356 g/mol. The van der Waals surface area contributed by atoms with E-state index in [1.165, 1.54) is 12.8 Å². The Labute approximate surface area is 163 Å². The minimum absolute atomic E-state index is 0.129. The van der Waals surface area contributed by atoms with E-state index in [0.717, 1.165) is 18.7 Å². The fourth-order valence-corrected chi connectivity index (χ4v) is 3.87. The van der Waals surface area contributed by atoms with Gasteiger partial charge in [0.1, 0.15) is 17.6 Å². The summed E-state index contributed by atoms with van der Waals surface area (Å²) in [5.41, 5.74) is 0.704. The molecule has 0 saturated heterocycles. The lowest BCUT2D eigenvalue weighted by Crippen LogP contribution is -2.36. The summed E-state index contributed by atoms with van der Waals surface area (Å²) in [7, 11) is 1.81. The fourth-order valence-electron chi connectivity index (χ4n) is 3.87. The van der Waals surface area contributed by atoms with E-state index in [1.54, 1.807) is 17.2 Å². The largest absolute Gasteiger partial charge is 0.310 e. The lowest BCUT2D eigenvalue weighted by molar-refractivity contribution is -0.118. The monoisotopic (exact) mass is 380 g/mol. The van der Waals surface area contributed by atoms with Crippen LogP contribution >= 0.6 is 0 Å². The van der Waals surface area contributed by atoms with Crippen molar-refractivity contribution in [2.45, 2.75) is 31.7 Å². The average Bonchev–Trinajstić information content (AvgIpc) is 3.33. The highest BCUT2D eigenvalue weighted by Gasteiger charge is 2.27. The van der Waals surface area contributed by atoms with E-state index < -0.39 is 0 Å². The molecule has 8 heteroatoms. The van der Waals surface area contributed by atoms with Crippen LogP contribution in [0.2, 0.25) is 0 Å². The summed E-state index contributed by atoms with van der Waals surface area (Å²) < 4.78 is 1.92. The van der Waals surface area contributed by atoms with Crippen molar-refractivity contribution in [2.75, 3.05) is 25.5 Å². The third-order valence-corrected chi connectivity index (χ3v) is 5.20. The normalized spacial score (nSPS) is 21.6. The number of anilines is 1. The number of hydrogen-bond acceptors (Lipinski definition) is 5. The van der Waals surface area contributed by atoms with Gasteiger partial charge in [-0.25, -0.2) is 9.67 Å². The summed E-state index contributed by atoms with van der Waals surface area (Å²) >= 11 is 0. The first-order valence-corrected chi connectivity index (χ1v) is 9.67. The number of amides is 2. The molecule has 0 bridgehead atoms. The second-order valence-electron chi connectivity index (χ2n) is 7.44. The van der Waals surface area contributed by atoms with Crippen molar-refractivity contribution >= 4 is 29.2 Å². The molecule has 2 heterocycles. The Kier molecular flexibility index (Phi) is 5.29. The molecule has 8 nitrogen and oxygen atoms in total. The van der Waals surface area contributed by atoms with Gasteiger partial charge in [0.15, 0.2) is 0 Å². The van der Waals surface area contributed by atoms with Crippen LogP contribution in [0.15, 0.2) is 46.6 Å². The average molecular weight is 380 g/mol. The number of aliphatic imine (C=N–C) groups is 2. The molecule has 0 radical (unpaired) electrons. The number of hydrogen-bond donors (Lipinski definition) is 1. The van der Waals surface area contributed by atoms with Gasteiger partial charge in [-0.3, -0.25) is 14.5 Å². The molecule has 28 heavy (non-hydrogen) atoms. The summed E-state index contributed by atoms with van der Waals surface area (Å²) in [6.07, 6.45) is 13.6. The molecule has 2 aliphatic carbocycles. The minimum Gasteiger partial charge on any atom is -0.310 e. The van der Waals surface area contributed by atoms with Crippen LogP contribution < -0.4 is 5.32 Å². The molecule has 146 valence electrons. The number of likely N-dealkylation sites (N-methyl/N-ethyl adjacent to an activating group) is 1. The first-order chi connectivity index (χ1) is 13.6. The van der Waals surface area contributed by atoms with E-state index >= 15 is 0 Å². The van der Waals surface area contributed by atoms with Gasteiger partial charge in [0, 0.05) is 6.07 Å². The third-order valence-electron chi connectivity index (χ3n) is 5.20.